The van der Waals surface area contributed by atoms with E-state index in [0.717, 1.165) is 39.6 Å². The first-order chi connectivity index (χ1) is 26.2. The standard InChI is InChI=1S/C50H44BN3/c1-33-25-35(3)49(36(4)26-33)51(50-37(5)27-34(2)28-38(50)6)43-21-23-44(24-22-43)54(48-32-52-46(31-53-48)40-17-11-8-12-18-40)47-30-42-20-14-13-19-41(42)29-45(47)39-15-9-7-10-16-39/h7-32H,1-6H3. The molecule has 0 amide bonds. The molecule has 0 radical (unpaired) electrons. The van der Waals surface area contributed by atoms with Gasteiger partial charge in [-0.05, 0) is 82.1 Å². The topological polar surface area (TPSA) is 29.0 Å². The van der Waals surface area contributed by atoms with E-state index in [-0.39, 0.29) is 6.71 Å². The molecule has 0 spiro atoms. The van der Waals surface area contributed by atoms with Crippen molar-refractivity contribution in [1.82, 2.24) is 9.97 Å². The van der Waals surface area contributed by atoms with Gasteiger partial charge in [-0.15, -0.1) is 0 Å². The van der Waals surface area contributed by atoms with Gasteiger partial charge in [0.05, 0.1) is 23.8 Å². The third-order valence-corrected chi connectivity index (χ3v) is 10.7. The van der Waals surface area contributed by atoms with Crippen molar-refractivity contribution in [2.75, 3.05) is 4.90 Å². The van der Waals surface area contributed by atoms with Gasteiger partial charge in [0.2, 0.25) is 6.71 Å². The lowest BCUT2D eigenvalue weighted by atomic mass is 9.34. The molecule has 54 heavy (non-hydrogen) atoms. The van der Waals surface area contributed by atoms with Gasteiger partial charge in [-0.2, -0.15) is 0 Å². The Labute approximate surface area is 320 Å². The predicted molar refractivity (Wildman–Crippen MR) is 231 cm³/mol. The molecule has 0 atom stereocenters. The van der Waals surface area contributed by atoms with Gasteiger partial charge in [0, 0.05) is 16.8 Å². The van der Waals surface area contributed by atoms with Gasteiger partial charge in [-0.3, -0.25) is 9.88 Å². The van der Waals surface area contributed by atoms with Gasteiger partial charge in [-0.25, -0.2) is 4.98 Å². The lowest BCUT2D eigenvalue weighted by Crippen LogP contribution is -2.55. The molecule has 8 rings (SSSR count). The maximum absolute atomic E-state index is 5.10. The summed E-state index contributed by atoms with van der Waals surface area (Å²) in [6.07, 6.45) is 3.79. The maximum atomic E-state index is 5.10. The Kier molecular flexibility index (Phi) is 9.44. The van der Waals surface area contributed by atoms with Crippen LogP contribution in [0.3, 0.4) is 0 Å². The fourth-order valence-electron chi connectivity index (χ4n) is 8.44. The Morgan fingerprint density at radius 3 is 1.48 bits per heavy atom. The number of aryl methyl sites for hydroxylation is 6. The number of hydrogen-bond donors (Lipinski definition) is 0. The van der Waals surface area contributed by atoms with E-state index < -0.39 is 0 Å². The molecule has 4 heteroatoms. The van der Waals surface area contributed by atoms with Crippen LogP contribution in [0.5, 0.6) is 0 Å². The molecule has 0 saturated heterocycles. The van der Waals surface area contributed by atoms with Crippen molar-refractivity contribution < 1.29 is 0 Å². The molecule has 0 saturated carbocycles. The van der Waals surface area contributed by atoms with Crippen molar-refractivity contribution in [2.45, 2.75) is 41.5 Å². The first-order valence-corrected chi connectivity index (χ1v) is 18.8. The van der Waals surface area contributed by atoms with Gasteiger partial charge in [0.15, 0.2) is 5.82 Å². The van der Waals surface area contributed by atoms with E-state index in [1.807, 2.05) is 30.6 Å². The zero-order chi connectivity index (χ0) is 37.3. The van der Waals surface area contributed by atoms with Crippen molar-refractivity contribution in [3.8, 4) is 22.4 Å². The summed E-state index contributed by atoms with van der Waals surface area (Å²) in [7, 11) is 0. The van der Waals surface area contributed by atoms with Crippen LogP contribution in [-0.4, -0.2) is 16.7 Å². The van der Waals surface area contributed by atoms with Crippen LogP contribution in [0.2, 0.25) is 0 Å². The summed E-state index contributed by atoms with van der Waals surface area (Å²) in [5.41, 5.74) is 18.1. The quantitative estimate of drug-likeness (QED) is 0.148. The molecule has 1 aromatic heterocycles. The first kappa shape index (κ1) is 34.8. The van der Waals surface area contributed by atoms with Crippen LogP contribution < -0.4 is 21.3 Å². The fraction of sp³-hybridized carbons (Fsp3) is 0.120. The molecular weight excluding hydrogens is 653 g/mol. The average Bonchev–Trinajstić information content (AvgIpc) is 3.18. The summed E-state index contributed by atoms with van der Waals surface area (Å²) in [6, 6.07) is 52.5. The number of hydrogen-bond acceptors (Lipinski definition) is 3. The summed E-state index contributed by atoms with van der Waals surface area (Å²) in [6.45, 7) is 13.5. The molecule has 0 aliphatic carbocycles. The fourth-order valence-corrected chi connectivity index (χ4v) is 8.44. The van der Waals surface area contributed by atoms with Crippen molar-refractivity contribution in [2.24, 2.45) is 0 Å². The van der Waals surface area contributed by atoms with Crippen LogP contribution in [0.15, 0.2) is 158 Å². The van der Waals surface area contributed by atoms with E-state index in [9.17, 15) is 0 Å². The third kappa shape index (κ3) is 6.72. The van der Waals surface area contributed by atoms with E-state index in [1.165, 1.54) is 60.5 Å². The molecule has 0 aliphatic heterocycles. The Morgan fingerprint density at radius 2 is 0.963 bits per heavy atom. The number of nitrogens with zero attached hydrogens (tertiary/aromatic N) is 3. The number of rotatable bonds is 8. The Morgan fingerprint density at radius 1 is 0.463 bits per heavy atom. The Hall–Kier alpha value is -6.26. The van der Waals surface area contributed by atoms with Crippen LogP contribution in [0, 0.1) is 41.5 Å². The molecule has 0 fully saturated rings. The van der Waals surface area contributed by atoms with Gasteiger partial charge in [0.1, 0.15) is 0 Å². The highest BCUT2D eigenvalue weighted by Crippen LogP contribution is 2.42. The van der Waals surface area contributed by atoms with E-state index in [0.29, 0.717) is 0 Å². The van der Waals surface area contributed by atoms with E-state index >= 15 is 0 Å². The predicted octanol–water partition coefficient (Wildman–Crippen LogP) is 10.8. The van der Waals surface area contributed by atoms with E-state index in [1.54, 1.807) is 0 Å². The molecular formula is C50H44BN3. The van der Waals surface area contributed by atoms with Crippen molar-refractivity contribution >= 4 is 51.1 Å². The molecule has 3 nitrogen and oxygen atoms in total. The number of benzene rings is 7. The Balaban J connectivity index is 1.33. The van der Waals surface area contributed by atoms with E-state index in [4.69, 9.17) is 9.97 Å². The highest BCUT2D eigenvalue weighted by molar-refractivity contribution is 6.96. The van der Waals surface area contributed by atoms with Crippen LogP contribution >= 0.6 is 0 Å². The number of anilines is 3. The lowest BCUT2D eigenvalue weighted by molar-refractivity contribution is 1.13. The summed E-state index contributed by atoms with van der Waals surface area (Å²) in [4.78, 5) is 12.3. The average molecular weight is 698 g/mol. The third-order valence-electron chi connectivity index (χ3n) is 10.7. The highest BCUT2D eigenvalue weighted by Gasteiger charge is 2.29. The largest absolute Gasteiger partial charge is 0.293 e. The molecule has 0 aliphatic rings. The zero-order valence-electron chi connectivity index (χ0n) is 31.9. The zero-order valence-corrected chi connectivity index (χ0v) is 31.9. The summed E-state index contributed by atoms with van der Waals surface area (Å²) in [5, 5.41) is 2.36. The Bertz CT molecular complexity index is 2490. The van der Waals surface area contributed by atoms with Crippen LogP contribution in [-0.2, 0) is 0 Å². The monoisotopic (exact) mass is 697 g/mol. The molecule has 262 valence electrons. The minimum Gasteiger partial charge on any atom is -0.293 e. The van der Waals surface area contributed by atoms with Gasteiger partial charge in [0.25, 0.3) is 0 Å². The highest BCUT2D eigenvalue weighted by atomic mass is 15.2. The second-order valence-corrected chi connectivity index (χ2v) is 14.7. The van der Waals surface area contributed by atoms with Crippen LogP contribution in [0.1, 0.15) is 33.4 Å². The molecule has 1 heterocycles. The minimum absolute atomic E-state index is 0.0826. The van der Waals surface area contributed by atoms with E-state index in [2.05, 4.69) is 174 Å². The minimum atomic E-state index is 0.0826. The van der Waals surface area contributed by atoms with Gasteiger partial charge < -0.3 is 0 Å². The summed E-state index contributed by atoms with van der Waals surface area (Å²) in [5.74, 6) is 0.752. The second kappa shape index (κ2) is 14.6. The maximum Gasteiger partial charge on any atom is 0.242 e. The smallest absolute Gasteiger partial charge is 0.242 e. The van der Waals surface area contributed by atoms with Crippen LogP contribution in [0.4, 0.5) is 17.2 Å². The lowest BCUT2D eigenvalue weighted by Gasteiger charge is -2.28. The molecule has 7 aromatic carbocycles. The SMILES string of the molecule is Cc1cc(C)c(B(c2ccc(N(c3cnc(-c4ccccc4)cn3)c3cc4ccccc4cc3-c3ccccc3)cc2)c2c(C)cc(C)cc2C)c(C)c1. The summed E-state index contributed by atoms with van der Waals surface area (Å²) >= 11 is 0. The van der Waals surface area contributed by atoms with Crippen molar-refractivity contribution in [3.63, 3.8) is 0 Å². The van der Waals surface area contributed by atoms with Crippen molar-refractivity contribution in [3.05, 3.63) is 191 Å². The number of fused-ring (bicyclic) bond motifs is 1. The second-order valence-electron chi connectivity index (χ2n) is 14.7. The number of aromatic nitrogens is 2. The first-order valence-electron chi connectivity index (χ1n) is 18.8. The molecule has 0 bridgehead atoms. The van der Waals surface area contributed by atoms with Gasteiger partial charge >= 0.3 is 0 Å². The van der Waals surface area contributed by atoms with Crippen LogP contribution in [0.25, 0.3) is 33.2 Å². The normalized spacial score (nSPS) is 11.1. The van der Waals surface area contributed by atoms with Gasteiger partial charge in [-0.1, -0.05) is 171 Å². The molecule has 8 aromatic rings. The summed E-state index contributed by atoms with van der Waals surface area (Å²) < 4.78 is 0. The van der Waals surface area contributed by atoms with Crippen molar-refractivity contribution in [1.29, 1.82) is 0 Å². The molecule has 0 N–H and O–H groups in total. The molecule has 0 unspecified atom stereocenters.